The zero-order valence-corrected chi connectivity index (χ0v) is 11.6. The van der Waals surface area contributed by atoms with Crippen LogP contribution < -0.4 is 5.32 Å². The number of hydrogen-bond donors (Lipinski definition) is 1. The van der Waals surface area contributed by atoms with Crippen LogP contribution in [0.4, 0.5) is 10.3 Å². The van der Waals surface area contributed by atoms with Gasteiger partial charge < -0.3 is 9.73 Å². The molecule has 0 saturated heterocycles. The molecule has 1 amide bonds. The Kier molecular flexibility index (Phi) is 4.23. The lowest BCUT2D eigenvalue weighted by atomic mass is 10.1. The molecule has 1 aromatic heterocycles. The van der Waals surface area contributed by atoms with E-state index in [2.05, 4.69) is 5.32 Å². The SMILES string of the molecule is CC(NC(=O)c1ccc([N+](=O)[O-])o1)c1ccc(F)c(Cl)c1. The molecular weight excluding hydrogens is 303 g/mol. The van der Waals surface area contributed by atoms with Crippen LogP contribution in [0.5, 0.6) is 0 Å². The second kappa shape index (κ2) is 5.92. The van der Waals surface area contributed by atoms with Crippen LogP contribution in [-0.4, -0.2) is 10.8 Å². The van der Waals surface area contributed by atoms with E-state index in [4.69, 9.17) is 16.0 Å². The Hall–Kier alpha value is -2.41. The van der Waals surface area contributed by atoms with E-state index in [1.54, 1.807) is 6.92 Å². The van der Waals surface area contributed by atoms with Gasteiger partial charge in [-0.05, 0) is 30.7 Å². The third-order valence-electron chi connectivity index (χ3n) is 2.79. The summed E-state index contributed by atoms with van der Waals surface area (Å²) in [5.41, 5.74) is 0.593. The molecule has 0 bridgehead atoms. The monoisotopic (exact) mass is 312 g/mol. The van der Waals surface area contributed by atoms with Gasteiger partial charge in [-0.2, -0.15) is 0 Å². The first-order valence-electron chi connectivity index (χ1n) is 5.88. The highest BCUT2D eigenvalue weighted by Gasteiger charge is 2.19. The van der Waals surface area contributed by atoms with Crippen molar-refractivity contribution in [3.05, 3.63) is 62.6 Å². The minimum absolute atomic E-state index is 0.0535. The van der Waals surface area contributed by atoms with Crippen molar-refractivity contribution in [1.29, 1.82) is 0 Å². The van der Waals surface area contributed by atoms with Crippen LogP contribution in [0.1, 0.15) is 29.1 Å². The van der Waals surface area contributed by atoms with Crippen molar-refractivity contribution in [2.45, 2.75) is 13.0 Å². The van der Waals surface area contributed by atoms with Crippen molar-refractivity contribution >= 4 is 23.4 Å². The molecule has 1 N–H and O–H groups in total. The van der Waals surface area contributed by atoms with Gasteiger partial charge in [0, 0.05) is 0 Å². The molecule has 1 unspecified atom stereocenters. The van der Waals surface area contributed by atoms with E-state index in [1.807, 2.05) is 0 Å². The molecule has 21 heavy (non-hydrogen) atoms. The molecular formula is C13H10ClFN2O4. The summed E-state index contributed by atoms with van der Waals surface area (Å²) in [7, 11) is 0. The Bertz CT molecular complexity index is 701. The lowest BCUT2D eigenvalue weighted by molar-refractivity contribution is -0.402. The summed E-state index contributed by atoms with van der Waals surface area (Å²) in [5.74, 6) is -1.86. The molecule has 0 spiro atoms. The van der Waals surface area contributed by atoms with E-state index in [0.29, 0.717) is 5.56 Å². The molecule has 0 radical (unpaired) electrons. The zero-order chi connectivity index (χ0) is 15.6. The average Bonchev–Trinajstić information content (AvgIpc) is 2.91. The van der Waals surface area contributed by atoms with Gasteiger partial charge in [0.1, 0.15) is 10.7 Å². The number of amides is 1. The number of nitrogens with one attached hydrogen (secondary N) is 1. The van der Waals surface area contributed by atoms with Gasteiger partial charge >= 0.3 is 5.88 Å². The Morgan fingerprint density at radius 3 is 2.71 bits per heavy atom. The number of hydrogen-bond acceptors (Lipinski definition) is 4. The van der Waals surface area contributed by atoms with Crippen molar-refractivity contribution < 1.29 is 18.5 Å². The van der Waals surface area contributed by atoms with Crippen LogP contribution in [0.2, 0.25) is 5.02 Å². The first-order valence-corrected chi connectivity index (χ1v) is 6.26. The van der Waals surface area contributed by atoms with Gasteiger partial charge in [0.15, 0.2) is 5.76 Å². The highest BCUT2D eigenvalue weighted by molar-refractivity contribution is 6.30. The Labute approximate surface area is 123 Å². The molecule has 1 heterocycles. The molecule has 1 atom stereocenters. The van der Waals surface area contributed by atoms with Gasteiger partial charge in [-0.15, -0.1) is 0 Å². The first-order chi connectivity index (χ1) is 9.88. The third kappa shape index (κ3) is 3.38. The minimum atomic E-state index is -0.736. The molecule has 0 saturated carbocycles. The number of nitrogens with zero attached hydrogens (tertiary/aromatic N) is 1. The van der Waals surface area contributed by atoms with Crippen LogP contribution in [0.3, 0.4) is 0 Å². The summed E-state index contributed by atoms with van der Waals surface area (Å²) in [6.07, 6.45) is 0. The van der Waals surface area contributed by atoms with Crippen molar-refractivity contribution in [2.75, 3.05) is 0 Å². The Balaban J connectivity index is 2.10. The summed E-state index contributed by atoms with van der Waals surface area (Å²) >= 11 is 5.67. The van der Waals surface area contributed by atoms with E-state index in [-0.39, 0.29) is 10.8 Å². The van der Waals surface area contributed by atoms with Gasteiger partial charge in [-0.25, -0.2) is 4.39 Å². The van der Waals surface area contributed by atoms with Crippen LogP contribution in [0, 0.1) is 15.9 Å². The van der Waals surface area contributed by atoms with Gasteiger partial charge in [-0.3, -0.25) is 14.9 Å². The summed E-state index contributed by atoms with van der Waals surface area (Å²) < 4.78 is 17.9. The average molecular weight is 313 g/mol. The van der Waals surface area contributed by atoms with Gasteiger partial charge in [-0.1, -0.05) is 17.7 Å². The number of furan rings is 1. The van der Waals surface area contributed by atoms with E-state index in [0.717, 1.165) is 6.07 Å². The van der Waals surface area contributed by atoms with Crippen molar-refractivity contribution in [1.82, 2.24) is 5.32 Å². The number of carbonyl (C=O) groups excluding carboxylic acids is 1. The fraction of sp³-hybridized carbons (Fsp3) is 0.154. The zero-order valence-electron chi connectivity index (χ0n) is 10.8. The van der Waals surface area contributed by atoms with E-state index in [1.165, 1.54) is 24.3 Å². The molecule has 0 aliphatic carbocycles. The number of nitro groups is 1. The van der Waals surface area contributed by atoms with Gasteiger partial charge in [0.05, 0.1) is 17.1 Å². The van der Waals surface area contributed by atoms with E-state index in [9.17, 15) is 19.3 Å². The summed E-state index contributed by atoms with van der Waals surface area (Å²) in [5, 5.41) is 13.0. The van der Waals surface area contributed by atoms with Crippen molar-refractivity contribution in [3.63, 3.8) is 0 Å². The topological polar surface area (TPSA) is 85.4 Å². The molecule has 8 heteroatoms. The molecule has 1 aromatic carbocycles. The highest BCUT2D eigenvalue weighted by atomic mass is 35.5. The summed E-state index contributed by atoms with van der Waals surface area (Å²) in [6, 6.07) is 5.90. The normalized spacial score (nSPS) is 12.0. The Morgan fingerprint density at radius 1 is 1.43 bits per heavy atom. The number of halogens is 2. The van der Waals surface area contributed by atoms with E-state index < -0.39 is 28.6 Å². The Morgan fingerprint density at radius 2 is 2.14 bits per heavy atom. The molecule has 110 valence electrons. The maximum Gasteiger partial charge on any atom is 0.433 e. The standard InChI is InChI=1S/C13H10ClFN2O4/c1-7(8-2-3-10(15)9(14)6-8)16-13(18)11-4-5-12(21-11)17(19)20/h2-7H,1H3,(H,16,18). The lowest BCUT2D eigenvalue weighted by Gasteiger charge is -2.13. The molecule has 6 nitrogen and oxygen atoms in total. The third-order valence-corrected chi connectivity index (χ3v) is 3.08. The highest BCUT2D eigenvalue weighted by Crippen LogP contribution is 2.21. The second-order valence-corrected chi connectivity index (χ2v) is 4.67. The molecule has 0 aliphatic heterocycles. The fourth-order valence-electron chi connectivity index (χ4n) is 1.68. The molecule has 0 fully saturated rings. The summed E-state index contributed by atoms with van der Waals surface area (Å²) in [4.78, 5) is 21.6. The van der Waals surface area contributed by atoms with Crippen LogP contribution in [0.25, 0.3) is 0 Å². The van der Waals surface area contributed by atoms with Crippen LogP contribution in [0.15, 0.2) is 34.7 Å². The minimum Gasteiger partial charge on any atom is -0.395 e. The molecule has 2 rings (SSSR count). The fourth-order valence-corrected chi connectivity index (χ4v) is 1.87. The second-order valence-electron chi connectivity index (χ2n) is 4.26. The van der Waals surface area contributed by atoms with Crippen molar-refractivity contribution in [2.24, 2.45) is 0 Å². The van der Waals surface area contributed by atoms with Crippen LogP contribution >= 0.6 is 11.6 Å². The quantitative estimate of drug-likeness (QED) is 0.692. The van der Waals surface area contributed by atoms with Crippen LogP contribution in [-0.2, 0) is 0 Å². The molecule has 2 aromatic rings. The van der Waals surface area contributed by atoms with Crippen molar-refractivity contribution in [3.8, 4) is 0 Å². The van der Waals surface area contributed by atoms with E-state index >= 15 is 0 Å². The predicted octanol–water partition coefficient (Wildman–Crippen LogP) is 3.47. The molecule has 0 aliphatic rings. The summed E-state index contributed by atoms with van der Waals surface area (Å²) in [6.45, 7) is 1.67. The maximum atomic E-state index is 13.1. The lowest BCUT2D eigenvalue weighted by Crippen LogP contribution is -2.26. The predicted molar refractivity (Wildman–Crippen MR) is 72.7 cm³/mol. The maximum absolute atomic E-state index is 13.1. The van der Waals surface area contributed by atoms with Gasteiger partial charge in [0.25, 0.3) is 5.91 Å². The number of benzene rings is 1. The number of carbonyl (C=O) groups is 1. The smallest absolute Gasteiger partial charge is 0.395 e. The number of rotatable bonds is 4. The largest absolute Gasteiger partial charge is 0.433 e. The van der Waals surface area contributed by atoms with Gasteiger partial charge in [0.2, 0.25) is 0 Å². The first kappa shape index (κ1) is 15.0.